The Bertz CT molecular complexity index is 908. The van der Waals surface area contributed by atoms with E-state index >= 15 is 0 Å². The van der Waals surface area contributed by atoms with Gasteiger partial charge in [0.2, 0.25) is 5.13 Å². The van der Waals surface area contributed by atoms with Gasteiger partial charge in [-0.3, -0.25) is 4.79 Å². The molecule has 1 N–H and O–H groups in total. The van der Waals surface area contributed by atoms with Crippen LogP contribution in [0.2, 0.25) is 0 Å². The van der Waals surface area contributed by atoms with E-state index < -0.39 is 0 Å². The van der Waals surface area contributed by atoms with Gasteiger partial charge >= 0.3 is 0 Å². The summed E-state index contributed by atoms with van der Waals surface area (Å²) in [5.41, 5.74) is 3.94. The summed E-state index contributed by atoms with van der Waals surface area (Å²) in [6, 6.07) is 11.7. The van der Waals surface area contributed by atoms with E-state index in [1.165, 1.54) is 16.9 Å². The fourth-order valence-corrected chi connectivity index (χ4v) is 3.73. The number of nitrogens with zero attached hydrogens (tertiary/aromatic N) is 3. The third-order valence-corrected chi connectivity index (χ3v) is 5.47. The topological polar surface area (TPSA) is 80.5 Å². The zero-order chi connectivity index (χ0) is 19.3. The van der Waals surface area contributed by atoms with Crippen LogP contribution in [0.1, 0.15) is 23.0 Å². The Morgan fingerprint density at radius 3 is 2.89 bits per heavy atom. The predicted molar refractivity (Wildman–Crippen MR) is 108 cm³/mol. The first-order valence-electron chi connectivity index (χ1n) is 9.33. The van der Waals surface area contributed by atoms with E-state index in [2.05, 4.69) is 39.5 Å². The van der Waals surface area contributed by atoms with Crippen molar-refractivity contribution >= 4 is 22.4 Å². The van der Waals surface area contributed by atoms with Crippen LogP contribution in [0.4, 0.5) is 5.13 Å². The molecule has 0 unspecified atom stereocenters. The maximum atomic E-state index is 12.4. The predicted octanol–water partition coefficient (Wildman–Crippen LogP) is 3.00. The lowest BCUT2D eigenvalue weighted by Gasteiger charge is -2.32. The van der Waals surface area contributed by atoms with Crippen LogP contribution in [0.25, 0.3) is 11.3 Å². The third kappa shape index (κ3) is 4.23. The van der Waals surface area contributed by atoms with Crippen molar-refractivity contribution in [3.8, 4) is 11.3 Å². The lowest BCUT2D eigenvalue weighted by atomic mass is 10.1. The fraction of sp³-hybridized carbons (Fsp3) is 0.350. The second kappa shape index (κ2) is 8.53. The molecule has 3 aromatic rings. The van der Waals surface area contributed by atoms with Crippen LogP contribution in [0.3, 0.4) is 0 Å². The molecule has 0 saturated carbocycles. The molecule has 146 valence electrons. The molecule has 4 rings (SSSR count). The van der Waals surface area contributed by atoms with Gasteiger partial charge in [-0.2, -0.15) is 0 Å². The highest BCUT2D eigenvalue weighted by molar-refractivity contribution is 7.13. The molecule has 1 saturated heterocycles. The summed E-state index contributed by atoms with van der Waals surface area (Å²) in [6.45, 7) is 4.57. The number of hydrogen-bond donors (Lipinski definition) is 1. The summed E-state index contributed by atoms with van der Waals surface area (Å²) in [7, 11) is 0. The van der Waals surface area contributed by atoms with E-state index in [4.69, 9.17) is 9.15 Å². The van der Waals surface area contributed by atoms with Crippen molar-refractivity contribution in [1.82, 2.24) is 15.5 Å². The quantitative estimate of drug-likeness (QED) is 0.688. The van der Waals surface area contributed by atoms with Crippen molar-refractivity contribution in [3.05, 3.63) is 53.2 Å². The zero-order valence-electron chi connectivity index (χ0n) is 15.6. The molecule has 1 atom stereocenters. The Hall–Kier alpha value is -2.71. The van der Waals surface area contributed by atoms with E-state index in [0.29, 0.717) is 31.2 Å². The van der Waals surface area contributed by atoms with Crippen molar-refractivity contribution in [2.75, 3.05) is 31.1 Å². The summed E-state index contributed by atoms with van der Waals surface area (Å²) in [5, 5.41) is 11.8. The average molecular weight is 398 g/mol. The van der Waals surface area contributed by atoms with Crippen LogP contribution in [-0.4, -0.2) is 48.4 Å². The van der Waals surface area contributed by atoms with Crippen LogP contribution in [0.5, 0.6) is 0 Å². The van der Waals surface area contributed by atoms with Crippen molar-refractivity contribution in [3.63, 3.8) is 0 Å². The van der Waals surface area contributed by atoms with Crippen LogP contribution in [0, 0.1) is 0 Å². The number of ether oxygens (including phenoxy) is 1. The van der Waals surface area contributed by atoms with E-state index in [1.54, 1.807) is 11.6 Å². The number of carbonyl (C=O) groups excluding carboxylic acids is 1. The van der Waals surface area contributed by atoms with E-state index in [1.807, 2.05) is 18.2 Å². The molecule has 1 aromatic carbocycles. The van der Waals surface area contributed by atoms with Crippen molar-refractivity contribution in [2.45, 2.75) is 19.4 Å². The van der Waals surface area contributed by atoms with Crippen LogP contribution >= 0.6 is 11.3 Å². The molecule has 1 aliphatic heterocycles. The van der Waals surface area contributed by atoms with Gasteiger partial charge in [-0.05, 0) is 24.1 Å². The van der Waals surface area contributed by atoms with Crippen LogP contribution < -0.4 is 10.2 Å². The molecule has 1 amide bonds. The number of benzene rings is 1. The first-order valence-corrected chi connectivity index (χ1v) is 10.2. The summed E-state index contributed by atoms with van der Waals surface area (Å²) >= 11 is 1.50. The first kappa shape index (κ1) is 18.6. The Labute approximate surface area is 167 Å². The van der Waals surface area contributed by atoms with Gasteiger partial charge < -0.3 is 19.4 Å². The molecule has 0 aliphatic carbocycles. The molecular weight excluding hydrogens is 376 g/mol. The molecule has 0 radical (unpaired) electrons. The Balaban J connectivity index is 1.33. The largest absolute Gasteiger partial charge is 0.451 e. The number of amides is 1. The van der Waals surface area contributed by atoms with Gasteiger partial charge in [-0.25, -0.2) is 0 Å². The number of hydrogen-bond acceptors (Lipinski definition) is 7. The number of anilines is 1. The molecule has 8 heteroatoms. The summed E-state index contributed by atoms with van der Waals surface area (Å²) in [4.78, 5) is 14.6. The van der Waals surface area contributed by atoms with Gasteiger partial charge in [0.15, 0.2) is 5.76 Å². The Morgan fingerprint density at radius 2 is 2.14 bits per heavy atom. The number of furan rings is 1. The van der Waals surface area contributed by atoms with Crippen LogP contribution in [-0.2, 0) is 11.2 Å². The van der Waals surface area contributed by atoms with Crippen molar-refractivity contribution in [2.24, 2.45) is 0 Å². The number of aryl methyl sites for hydroxylation is 1. The molecular formula is C20H22N4O3S. The summed E-state index contributed by atoms with van der Waals surface area (Å²) in [5.74, 6) is 0.739. The fourth-order valence-electron chi connectivity index (χ4n) is 3.14. The number of nitrogens with one attached hydrogen (secondary N) is 1. The summed E-state index contributed by atoms with van der Waals surface area (Å²) < 4.78 is 11.5. The third-order valence-electron chi connectivity index (χ3n) is 4.72. The highest BCUT2D eigenvalue weighted by Gasteiger charge is 2.23. The smallest absolute Gasteiger partial charge is 0.287 e. The molecule has 2 aromatic heterocycles. The maximum absolute atomic E-state index is 12.4. The van der Waals surface area contributed by atoms with E-state index in [9.17, 15) is 4.79 Å². The van der Waals surface area contributed by atoms with Crippen molar-refractivity contribution in [1.29, 1.82) is 0 Å². The maximum Gasteiger partial charge on any atom is 0.287 e. The van der Waals surface area contributed by atoms with Gasteiger partial charge in [0.05, 0.1) is 12.7 Å². The lowest BCUT2D eigenvalue weighted by molar-refractivity contribution is 0.0393. The van der Waals surface area contributed by atoms with E-state index in [0.717, 1.165) is 23.7 Å². The molecule has 0 bridgehead atoms. The highest BCUT2D eigenvalue weighted by atomic mass is 32.1. The molecule has 7 nitrogen and oxygen atoms in total. The summed E-state index contributed by atoms with van der Waals surface area (Å²) in [6.07, 6.45) is 0.892. The highest BCUT2D eigenvalue weighted by Crippen LogP contribution is 2.23. The number of rotatable bonds is 6. The van der Waals surface area contributed by atoms with Gasteiger partial charge in [0, 0.05) is 25.2 Å². The Morgan fingerprint density at radius 1 is 1.29 bits per heavy atom. The van der Waals surface area contributed by atoms with Gasteiger partial charge in [0.1, 0.15) is 11.3 Å². The standard InChI is InChI=1S/C20H22N4O3S/c1-2-14-3-5-15(6-4-14)17-7-8-18(27-17)19(25)21-11-16-12-24(9-10-26-16)20-23-22-13-28-20/h3-8,13,16H,2,9-12H2,1H3,(H,21,25)/t16-/m0/s1. The second-order valence-corrected chi connectivity index (χ2v) is 7.40. The number of morpholine rings is 1. The molecule has 3 heterocycles. The molecule has 0 spiro atoms. The molecule has 1 aliphatic rings. The first-order chi connectivity index (χ1) is 13.7. The van der Waals surface area contributed by atoms with Gasteiger partial charge in [-0.1, -0.05) is 42.5 Å². The molecule has 1 fully saturated rings. The van der Waals surface area contributed by atoms with Gasteiger partial charge in [-0.15, -0.1) is 10.2 Å². The zero-order valence-corrected chi connectivity index (χ0v) is 16.4. The number of aromatic nitrogens is 2. The lowest BCUT2D eigenvalue weighted by Crippen LogP contribution is -2.47. The minimum absolute atomic E-state index is 0.0994. The minimum Gasteiger partial charge on any atom is -0.451 e. The van der Waals surface area contributed by atoms with E-state index in [-0.39, 0.29) is 12.0 Å². The second-order valence-electron chi connectivity index (χ2n) is 6.58. The minimum atomic E-state index is -0.243. The molecule has 28 heavy (non-hydrogen) atoms. The normalized spacial score (nSPS) is 16.9. The Kier molecular flexibility index (Phi) is 5.68. The van der Waals surface area contributed by atoms with Gasteiger partial charge in [0.25, 0.3) is 5.91 Å². The van der Waals surface area contributed by atoms with Crippen LogP contribution in [0.15, 0.2) is 46.3 Å². The number of carbonyl (C=O) groups is 1. The average Bonchev–Trinajstić information content (AvgIpc) is 3.45. The monoisotopic (exact) mass is 398 g/mol. The van der Waals surface area contributed by atoms with Crippen molar-refractivity contribution < 1.29 is 13.9 Å². The SMILES string of the molecule is CCc1ccc(-c2ccc(C(=O)NC[C@H]3CN(c4nncs4)CCO3)o2)cc1.